The van der Waals surface area contributed by atoms with Gasteiger partial charge in [-0.2, -0.15) is 0 Å². The second-order valence-electron chi connectivity index (χ2n) is 9.45. The van der Waals surface area contributed by atoms with Crippen LogP contribution >= 0.6 is 0 Å². The van der Waals surface area contributed by atoms with Crippen LogP contribution in [0.4, 0.5) is 0 Å². The zero-order valence-corrected chi connectivity index (χ0v) is 18.5. The van der Waals surface area contributed by atoms with E-state index in [1.54, 1.807) is 0 Å². The molecule has 5 nitrogen and oxygen atoms in total. The molecule has 0 aromatic heterocycles. The maximum Gasteiger partial charge on any atom is 0.191 e. The summed E-state index contributed by atoms with van der Waals surface area (Å²) in [7, 11) is 0. The molecule has 0 bridgehead atoms. The number of ether oxygens (including phenoxy) is 1. The summed E-state index contributed by atoms with van der Waals surface area (Å²) >= 11 is 0. The summed E-state index contributed by atoms with van der Waals surface area (Å²) in [5.74, 6) is 2.26. The van der Waals surface area contributed by atoms with E-state index in [0.29, 0.717) is 12.0 Å². The minimum Gasteiger partial charge on any atom is -0.377 e. The predicted octanol–water partition coefficient (Wildman–Crippen LogP) is 3.50. The Morgan fingerprint density at radius 2 is 1.85 bits per heavy atom. The predicted molar refractivity (Wildman–Crippen MR) is 115 cm³/mol. The van der Waals surface area contributed by atoms with Gasteiger partial charge in [0.25, 0.3) is 0 Å². The number of aliphatic imine (C=N–C) groups is 1. The summed E-state index contributed by atoms with van der Waals surface area (Å²) < 4.78 is 6.13. The summed E-state index contributed by atoms with van der Waals surface area (Å²) in [4.78, 5) is 7.51. The van der Waals surface area contributed by atoms with Crippen molar-refractivity contribution in [2.24, 2.45) is 22.2 Å². The quantitative estimate of drug-likeness (QED) is 0.524. The first-order valence-corrected chi connectivity index (χ1v) is 11.3. The molecular weight excluding hydrogens is 336 g/mol. The van der Waals surface area contributed by atoms with E-state index >= 15 is 0 Å². The van der Waals surface area contributed by atoms with Gasteiger partial charge in [0.2, 0.25) is 0 Å². The van der Waals surface area contributed by atoms with Crippen molar-refractivity contribution < 1.29 is 4.74 Å². The smallest absolute Gasteiger partial charge is 0.191 e. The van der Waals surface area contributed by atoms with Gasteiger partial charge in [-0.1, -0.05) is 27.7 Å². The Balaban J connectivity index is 1.82. The molecule has 158 valence electrons. The number of rotatable bonds is 7. The molecule has 2 heterocycles. The van der Waals surface area contributed by atoms with Gasteiger partial charge in [-0.15, -0.1) is 0 Å². The highest BCUT2D eigenvalue weighted by Crippen LogP contribution is 2.33. The SMILES string of the molecule is CCCN1CCC(CN=C(NCC)NCC2CCCOC2C(C)(C)C)CC1. The number of nitrogens with zero attached hydrogens (tertiary/aromatic N) is 2. The van der Waals surface area contributed by atoms with E-state index < -0.39 is 0 Å². The molecule has 0 radical (unpaired) electrons. The van der Waals surface area contributed by atoms with Gasteiger partial charge in [-0.3, -0.25) is 4.99 Å². The monoisotopic (exact) mass is 380 g/mol. The lowest BCUT2D eigenvalue weighted by molar-refractivity contribution is -0.0835. The lowest BCUT2D eigenvalue weighted by atomic mass is 9.78. The Labute approximate surface area is 167 Å². The highest BCUT2D eigenvalue weighted by Gasteiger charge is 2.35. The standard InChI is InChI=1S/C22H44N4O/c1-6-12-26-13-10-18(11-14-26)16-24-21(23-7-2)25-17-19-9-8-15-27-20(19)22(3,4)5/h18-20H,6-17H2,1-5H3,(H2,23,24,25). The normalized spacial score (nSPS) is 26.2. The van der Waals surface area contributed by atoms with Crippen LogP contribution < -0.4 is 10.6 Å². The summed E-state index contributed by atoms with van der Waals surface area (Å²) in [5, 5.41) is 7.04. The fourth-order valence-corrected chi connectivity index (χ4v) is 4.51. The molecule has 0 aromatic carbocycles. The zero-order chi connectivity index (χ0) is 19.7. The number of hydrogen-bond donors (Lipinski definition) is 2. The van der Waals surface area contributed by atoms with Crippen LogP contribution in [-0.4, -0.2) is 62.8 Å². The van der Waals surface area contributed by atoms with Crippen LogP contribution in [0.5, 0.6) is 0 Å². The van der Waals surface area contributed by atoms with Crippen molar-refractivity contribution in [2.75, 3.05) is 45.9 Å². The molecular formula is C22H44N4O. The highest BCUT2D eigenvalue weighted by atomic mass is 16.5. The fraction of sp³-hybridized carbons (Fsp3) is 0.955. The van der Waals surface area contributed by atoms with E-state index in [2.05, 4.69) is 50.2 Å². The molecule has 0 aliphatic carbocycles. The van der Waals surface area contributed by atoms with Crippen molar-refractivity contribution in [3.05, 3.63) is 0 Å². The Hall–Kier alpha value is -0.810. The largest absolute Gasteiger partial charge is 0.377 e. The lowest BCUT2D eigenvalue weighted by Gasteiger charge is -2.40. The van der Waals surface area contributed by atoms with Crippen LogP contribution in [0.25, 0.3) is 0 Å². The first-order chi connectivity index (χ1) is 12.9. The second kappa shape index (κ2) is 11.3. The molecule has 0 saturated carbocycles. The minimum absolute atomic E-state index is 0.189. The molecule has 2 rings (SSSR count). The van der Waals surface area contributed by atoms with E-state index in [-0.39, 0.29) is 5.41 Å². The van der Waals surface area contributed by atoms with Crippen LogP contribution in [0.2, 0.25) is 0 Å². The van der Waals surface area contributed by atoms with Crippen LogP contribution in [0, 0.1) is 17.3 Å². The fourth-order valence-electron chi connectivity index (χ4n) is 4.51. The van der Waals surface area contributed by atoms with Crippen molar-refractivity contribution in [3.63, 3.8) is 0 Å². The van der Waals surface area contributed by atoms with Crippen molar-refractivity contribution in [2.45, 2.75) is 72.8 Å². The Kier molecular flexibility index (Phi) is 9.37. The number of likely N-dealkylation sites (tertiary alicyclic amines) is 1. The average molecular weight is 381 g/mol. The van der Waals surface area contributed by atoms with E-state index in [0.717, 1.165) is 38.1 Å². The molecule has 0 amide bonds. The third kappa shape index (κ3) is 7.61. The van der Waals surface area contributed by atoms with Gasteiger partial charge in [0.1, 0.15) is 0 Å². The lowest BCUT2D eigenvalue weighted by Crippen LogP contribution is -2.47. The molecule has 2 fully saturated rings. The molecule has 2 unspecified atom stereocenters. The molecule has 0 aromatic rings. The molecule has 2 N–H and O–H groups in total. The van der Waals surface area contributed by atoms with Crippen molar-refractivity contribution in [1.82, 2.24) is 15.5 Å². The number of piperidine rings is 1. The topological polar surface area (TPSA) is 48.9 Å². The Morgan fingerprint density at radius 1 is 1.11 bits per heavy atom. The number of nitrogens with one attached hydrogen (secondary N) is 2. The Morgan fingerprint density at radius 3 is 2.48 bits per heavy atom. The van der Waals surface area contributed by atoms with E-state index in [1.807, 2.05) is 0 Å². The number of guanidine groups is 1. The van der Waals surface area contributed by atoms with Gasteiger partial charge >= 0.3 is 0 Å². The summed E-state index contributed by atoms with van der Waals surface area (Å²) in [6.07, 6.45) is 6.56. The minimum atomic E-state index is 0.189. The van der Waals surface area contributed by atoms with E-state index in [9.17, 15) is 0 Å². The summed E-state index contributed by atoms with van der Waals surface area (Å²) in [6, 6.07) is 0. The van der Waals surface area contributed by atoms with Crippen LogP contribution in [0.15, 0.2) is 4.99 Å². The van der Waals surface area contributed by atoms with Gasteiger partial charge in [0.15, 0.2) is 5.96 Å². The van der Waals surface area contributed by atoms with Crippen LogP contribution in [0.1, 0.15) is 66.7 Å². The molecule has 0 spiro atoms. The third-order valence-electron chi connectivity index (χ3n) is 5.93. The maximum atomic E-state index is 6.13. The van der Waals surface area contributed by atoms with Crippen LogP contribution in [-0.2, 0) is 4.74 Å². The Bertz CT molecular complexity index is 438. The van der Waals surface area contributed by atoms with Crippen molar-refractivity contribution in [3.8, 4) is 0 Å². The van der Waals surface area contributed by atoms with Gasteiger partial charge in [0, 0.05) is 32.2 Å². The first-order valence-electron chi connectivity index (χ1n) is 11.3. The third-order valence-corrected chi connectivity index (χ3v) is 5.93. The number of hydrogen-bond acceptors (Lipinski definition) is 3. The van der Waals surface area contributed by atoms with Crippen molar-refractivity contribution in [1.29, 1.82) is 0 Å². The molecule has 2 atom stereocenters. The zero-order valence-electron chi connectivity index (χ0n) is 18.5. The van der Waals surface area contributed by atoms with Gasteiger partial charge in [-0.05, 0) is 70.0 Å². The maximum absolute atomic E-state index is 6.13. The van der Waals surface area contributed by atoms with Gasteiger partial charge in [0.05, 0.1) is 6.10 Å². The molecule has 2 aliphatic heterocycles. The summed E-state index contributed by atoms with van der Waals surface area (Å²) in [6.45, 7) is 18.7. The van der Waals surface area contributed by atoms with Gasteiger partial charge in [-0.25, -0.2) is 0 Å². The van der Waals surface area contributed by atoms with Crippen LogP contribution in [0.3, 0.4) is 0 Å². The van der Waals surface area contributed by atoms with E-state index in [1.165, 1.54) is 51.7 Å². The highest BCUT2D eigenvalue weighted by molar-refractivity contribution is 5.79. The first kappa shape index (κ1) is 22.5. The van der Waals surface area contributed by atoms with Crippen molar-refractivity contribution >= 4 is 5.96 Å². The molecule has 5 heteroatoms. The molecule has 2 saturated heterocycles. The average Bonchev–Trinajstić information content (AvgIpc) is 2.65. The summed E-state index contributed by atoms with van der Waals surface area (Å²) in [5.41, 5.74) is 0.189. The molecule has 27 heavy (non-hydrogen) atoms. The molecule has 2 aliphatic rings. The second-order valence-corrected chi connectivity index (χ2v) is 9.45. The van der Waals surface area contributed by atoms with Gasteiger partial charge < -0.3 is 20.3 Å². The van der Waals surface area contributed by atoms with E-state index in [4.69, 9.17) is 9.73 Å².